The Morgan fingerprint density at radius 3 is 3.25 bits per heavy atom. The van der Waals surface area contributed by atoms with Gasteiger partial charge in [-0.1, -0.05) is 13.3 Å². The quantitative estimate of drug-likeness (QED) is 0.798. The zero-order valence-corrected chi connectivity index (χ0v) is 11.5. The van der Waals surface area contributed by atoms with Crippen LogP contribution >= 0.6 is 0 Å². The lowest BCUT2D eigenvalue weighted by molar-refractivity contribution is 0.0830. The first-order chi connectivity index (χ1) is 9.62. The summed E-state index contributed by atoms with van der Waals surface area (Å²) >= 11 is 0. The topological polar surface area (TPSA) is 78.0 Å². The second kappa shape index (κ2) is 4.90. The highest BCUT2D eigenvalue weighted by Gasteiger charge is 2.39. The molecule has 0 aliphatic heterocycles. The zero-order valence-electron chi connectivity index (χ0n) is 11.5. The smallest absolute Gasteiger partial charge is 0.251 e. The Morgan fingerprint density at radius 2 is 2.45 bits per heavy atom. The molecule has 2 atom stereocenters. The highest BCUT2D eigenvalue weighted by atomic mass is 16.3. The van der Waals surface area contributed by atoms with Gasteiger partial charge in [0.1, 0.15) is 0 Å². The van der Waals surface area contributed by atoms with Crippen molar-refractivity contribution in [2.24, 2.45) is 5.41 Å². The SMILES string of the molecule is CC1(CO)CCCC1NC(=O)c1ccc2[nH]ncc2c1. The van der Waals surface area contributed by atoms with E-state index in [1.807, 2.05) is 19.1 Å². The van der Waals surface area contributed by atoms with E-state index >= 15 is 0 Å². The maximum atomic E-state index is 12.3. The number of aliphatic hydroxyl groups is 1. The number of aliphatic hydroxyl groups excluding tert-OH is 1. The predicted octanol–water partition coefficient (Wildman–Crippen LogP) is 1.84. The van der Waals surface area contributed by atoms with Crippen LogP contribution in [0.1, 0.15) is 36.5 Å². The van der Waals surface area contributed by atoms with E-state index in [1.54, 1.807) is 12.3 Å². The lowest BCUT2D eigenvalue weighted by atomic mass is 9.85. The van der Waals surface area contributed by atoms with Gasteiger partial charge in [-0.15, -0.1) is 0 Å². The fourth-order valence-corrected chi connectivity index (χ4v) is 2.99. The molecule has 3 N–H and O–H groups in total. The van der Waals surface area contributed by atoms with E-state index in [4.69, 9.17) is 0 Å². The van der Waals surface area contributed by atoms with Crippen LogP contribution in [0.5, 0.6) is 0 Å². The summed E-state index contributed by atoms with van der Waals surface area (Å²) in [5.41, 5.74) is 1.35. The molecule has 1 fully saturated rings. The average Bonchev–Trinajstić information content (AvgIpc) is 3.05. The van der Waals surface area contributed by atoms with E-state index in [-0.39, 0.29) is 24.0 Å². The van der Waals surface area contributed by atoms with Crippen molar-refractivity contribution < 1.29 is 9.90 Å². The summed E-state index contributed by atoms with van der Waals surface area (Å²) in [5, 5.41) is 20.3. The Bertz CT molecular complexity index is 637. The maximum absolute atomic E-state index is 12.3. The van der Waals surface area contributed by atoms with Gasteiger partial charge >= 0.3 is 0 Å². The van der Waals surface area contributed by atoms with Gasteiger partial charge in [0, 0.05) is 22.4 Å². The number of H-pyrrole nitrogens is 1. The molecule has 1 heterocycles. The van der Waals surface area contributed by atoms with Gasteiger partial charge in [0.05, 0.1) is 18.3 Å². The van der Waals surface area contributed by atoms with Gasteiger partial charge in [-0.25, -0.2) is 0 Å². The third-order valence-electron chi connectivity index (χ3n) is 4.45. The molecule has 106 valence electrons. The van der Waals surface area contributed by atoms with Crippen molar-refractivity contribution in [3.8, 4) is 0 Å². The Hall–Kier alpha value is -1.88. The number of aromatic amines is 1. The third kappa shape index (κ3) is 2.18. The van der Waals surface area contributed by atoms with Crippen LogP contribution in [-0.4, -0.2) is 33.9 Å². The summed E-state index contributed by atoms with van der Waals surface area (Å²) in [7, 11) is 0. The maximum Gasteiger partial charge on any atom is 0.251 e. The standard InChI is InChI=1S/C15H19N3O2/c1-15(9-19)6-2-3-13(15)17-14(20)10-4-5-12-11(7-10)8-16-18-12/h4-5,7-8,13,19H,2-3,6,9H2,1H3,(H,16,18)(H,17,20). The number of nitrogens with one attached hydrogen (secondary N) is 2. The first-order valence-electron chi connectivity index (χ1n) is 6.97. The molecule has 1 amide bonds. The Balaban J connectivity index is 1.78. The molecule has 2 aromatic rings. The van der Waals surface area contributed by atoms with Crippen LogP contribution in [0.2, 0.25) is 0 Å². The van der Waals surface area contributed by atoms with Crippen molar-refractivity contribution in [3.05, 3.63) is 30.0 Å². The first-order valence-corrected chi connectivity index (χ1v) is 6.97. The second-order valence-electron chi connectivity index (χ2n) is 5.90. The van der Waals surface area contributed by atoms with Gasteiger partial charge in [-0.3, -0.25) is 9.89 Å². The Kier molecular flexibility index (Phi) is 3.22. The number of aromatic nitrogens is 2. The molecule has 1 aromatic heterocycles. The fraction of sp³-hybridized carbons (Fsp3) is 0.467. The molecule has 0 bridgehead atoms. The van der Waals surface area contributed by atoms with Crippen molar-refractivity contribution in [1.29, 1.82) is 0 Å². The van der Waals surface area contributed by atoms with Crippen LogP contribution in [0.15, 0.2) is 24.4 Å². The molecule has 5 heteroatoms. The Labute approximate surface area is 117 Å². The number of hydrogen-bond donors (Lipinski definition) is 3. The molecule has 3 rings (SSSR count). The second-order valence-corrected chi connectivity index (χ2v) is 5.90. The molecule has 0 radical (unpaired) electrons. The molecule has 1 aromatic carbocycles. The molecule has 0 saturated heterocycles. The summed E-state index contributed by atoms with van der Waals surface area (Å²) in [6.07, 6.45) is 4.63. The number of hydrogen-bond acceptors (Lipinski definition) is 3. The lowest BCUT2D eigenvalue weighted by Gasteiger charge is -2.30. The van der Waals surface area contributed by atoms with E-state index in [0.717, 1.165) is 30.2 Å². The van der Waals surface area contributed by atoms with Crippen molar-refractivity contribution in [2.45, 2.75) is 32.2 Å². The highest BCUT2D eigenvalue weighted by molar-refractivity contribution is 5.98. The summed E-state index contributed by atoms with van der Waals surface area (Å²) in [6.45, 7) is 2.14. The summed E-state index contributed by atoms with van der Waals surface area (Å²) in [5.74, 6) is -0.0836. The van der Waals surface area contributed by atoms with Crippen molar-refractivity contribution in [3.63, 3.8) is 0 Å². The molecule has 20 heavy (non-hydrogen) atoms. The van der Waals surface area contributed by atoms with E-state index in [0.29, 0.717) is 5.56 Å². The van der Waals surface area contributed by atoms with Crippen molar-refractivity contribution >= 4 is 16.8 Å². The number of carbonyl (C=O) groups is 1. The van der Waals surface area contributed by atoms with E-state index in [9.17, 15) is 9.90 Å². The largest absolute Gasteiger partial charge is 0.396 e. The summed E-state index contributed by atoms with van der Waals surface area (Å²) in [4.78, 5) is 12.3. The van der Waals surface area contributed by atoms with Gasteiger partial charge in [0.2, 0.25) is 0 Å². The van der Waals surface area contributed by atoms with Crippen LogP contribution in [0.25, 0.3) is 10.9 Å². The van der Waals surface area contributed by atoms with Crippen molar-refractivity contribution in [2.75, 3.05) is 6.61 Å². The number of benzene rings is 1. The van der Waals surface area contributed by atoms with E-state index in [2.05, 4.69) is 15.5 Å². The normalized spacial score (nSPS) is 26.0. The minimum absolute atomic E-state index is 0.0417. The fourth-order valence-electron chi connectivity index (χ4n) is 2.99. The number of rotatable bonds is 3. The average molecular weight is 273 g/mol. The van der Waals surface area contributed by atoms with Gasteiger partial charge < -0.3 is 10.4 Å². The van der Waals surface area contributed by atoms with Gasteiger partial charge in [-0.05, 0) is 31.0 Å². The Morgan fingerprint density at radius 1 is 1.60 bits per heavy atom. The van der Waals surface area contributed by atoms with Crippen LogP contribution in [0.3, 0.4) is 0 Å². The van der Waals surface area contributed by atoms with Crippen LogP contribution in [0.4, 0.5) is 0 Å². The van der Waals surface area contributed by atoms with E-state index < -0.39 is 0 Å². The molecule has 0 spiro atoms. The van der Waals surface area contributed by atoms with Gasteiger partial charge in [-0.2, -0.15) is 5.10 Å². The molecule has 1 saturated carbocycles. The molecular weight excluding hydrogens is 254 g/mol. The molecule has 5 nitrogen and oxygen atoms in total. The predicted molar refractivity (Wildman–Crippen MR) is 76.4 cm³/mol. The molecule has 1 aliphatic carbocycles. The molecule has 2 unspecified atom stereocenters. The monoisotopic (exact) mass is 273 g/mol. The molecule has 1 aliphatic rings. The van der Waals surface area contributed by atoms with Crippen molar-refractivity contribution in [1.82, 2.24) is 15.5 Å². The van der Waals surface area contributed by atoms with Crippen LogP contribution in [0, 0.1) is 5.41 Å². The minimum atomic E-state index is -0.199. The van der Waals surface area contributed by atoms with E-state index in [1.165, 1.54) is 0 Å². The van der Waals surface area contributed by atoms with Crippen LogP contribution in [-0.2, 0) is 0 Å². The highest BCUT2D eigenvalue weighted by Crippen LogP contribution is 2.37. The summed E-state index contributed by atoms with van der Waals surface area (Å²) in [6, 6.07) is 5.53. The van der Waals surface area contributed by atoms with Gasteiger partial charge in [0.25, 0.3) is 5.91 Å². The van der Waals surface area contributed by atoms with Crippen LogP contribution < -0.4 is 5.32 Å². The number of nitrogens with zero attached hydrogens (tertiary/aromatic N) is 1. The summed E-state index contributed by atoms with van der Waals surface area (Å²) < 4.78 is 0. The third-order valence-corrected chi connectivity index (χ3v) is 4.45. The minimum Gasteiger partial charge on any atom is -0.396 e. The van der Waals surface area contributed by atoms with Gasteiger partial charge in [0.15, 0.2) is 0 Å². The number of fused-ring (bicyclic) bond motifs is 1. The first kappa shape index (κ1) is 13.1. The zero-order chi connectivity index (χ0) is 14.2. The number of carbonyl (C=O) groups excluding carboxylic acids is 1. The number of amides is 1. The molecular formula is C15H19N3O2. The lowest BCUT2D eigenvalue weighted by Crippen LogP contribution is -2.44.